The van der Waals surface area contributed by atoms with Crippen molar-refractivity contribution in [1.82, 2.24) is 19.9 Å². The van der Waals surface area contributed by atoms with Crippen LogP contribution in [-0.4, -0.2) is 98.7 Å². The molecule has 16 heteroatoms. The molecule has 0 unspecified atom stereocenters. The average Bonchev–Trinajstić information content (AvgIpc) is 1.61. The molecule has 8 bridgehead atoms. The molecule has 0 aliphatic carbocycles. The molecule has 0 amide bonds. The minimum Gasteiger partial charge on any atom is -0.494 e. The maximum Gasteiger partial charge on any atom is 0.305 e. The molecule has 2 aliphatic rings. The zero-order valence-electron chi connectivity index (χ0n) is 64.9. The van der Waals surface area contributed by atoms with E-state index in [2.05, 4.69) is 156 Å². The molecular formula is C92H118N4O12. The molecule has 0 radical (unpaired) electrons. The van der Waals surface area contributed by atoms with Gasteiger partial charge in [0.2, 0.25) is 0 Å². The van der Waals surface area contributed by atoms with Crippen molar-refractivity contribution >= 4 is 70.2 Å². The molecule has 0 atom stereocenters. The number of methoxy groups -OCH3 is 4. The maximum absolute atomic E-state index is 11.5. The van der Waals surface area contributed by atoms with Gasteiger partial charge in [0.1, 0.15) is 23.0 Å². The Labute approximate surface area is 641 Å². The summed E-state index contributed by atoms with van der Waals surface area (Å²) < 4.78 is 44.7. The Kier molecular flexibility index (Phi) is 36.2. The van der Waals surface area contributed by atoms with E-state index in [1.54, 1.807) is 0 Å². The van der Waals surface area contributed by atoms with Gasteiger partial charge < -0.3 is 47.9 Å². The first-order valence-electron chi connectivity index (χ1n) is 40.5. The molecule has 578 valence electrons. The van der Waals surface area contributed by atoms with Crippen LogP contribution in [0.1, 0.15) is 254 Å². The Morgan fingerprint density at radius 2 is 0.417 bits per heavy atom. The molecule has 4 aromatic carbocycles. The summed E-state index contributed by atoms with van der Waals surface area (Å²) in [5, 5.41) is 0. The fraction of sp³-hybridized carbons (Fsp3) is 0.478. The van der Waals surface area contributed by atoms with Gasteiger partial charge in [-0.15, -0.1) is 0 Å². The number of carbonyl (C=O) groups is 4. The van der Waals surface area contributed by atoms with Crippen molar-refractivity contribution in [3.8, 4) is 67.5 Å². The van der Waals surface area contributed by atoms with Crippen LogP contribution in [-0.2, 0) is 38.1 Å². The Balaban J connectivity index is 1.01. The van der Waals surface area contributed by atoms with Crippen LogP contribution in [0.5, 0.6) is 23.0 Å². The Morgan fingerprint density at radius 3 is 0.602 bits per heavy atom. The number of unbranched alkanes of at least 4 members (excludes halogenated alkanes) is 28. The first kappa shape index (κ1) is 82.6. The zero-order valence-corrected chi connectivity index (χ0v) is 64.9. The second kappa shape index (κ2) is 47.4. The van der Waals surface area contributed by atoms with Gasteiger partial charge in [-0.05, 0) is 171 Å². The topological polar surface area (TPSA) is 199 Å². The maximum atomic E-state index is 11.5. The van der Waals surface area contributed by atoms with Crippen LogP contribution in [0, 0.1) is 0 Å². The number of H-pyrrole nitrogens is 2. The van der Waals surface area contributed by atoms with Gasteiger partial charge in [-0.2, -0.15) is 0 Å². The lowest BCUT2D eigenvalue weighted by Crippen LogP contribution is -1.99. The van der Waals surface area contributed by atoms with Crippen molar-refractivity contribution in [2.45, 2.75) is 231 Å². The van der Waals surface area contributed by atoms with Crippen molar-refractivity contribution < 1.29 is 57.1 Å². The number of nitrogens with one attached hydrogen (secondary N) is 2. The minimum atomic E-state index is -0.128. The molecule has 108 heavy (non-hydrogen) atoms. The standard InChI is InChI=1S/C92H118N4O12/c1-101-85(97)37-29-21-13-5-9-17-25-33-65-105-73-49-41-69(42-50-73)89-77-57-59-79(93-77)90(70-43-51-74(52-44-70)106-66-34-26-18-10-6-14-22-30-38-86(98)102-2)81-61-63-83(95-81)92(72-47-55-76(56-48-72)108-68-36-28-20-12-8-16-24-32-40-88(100)104-4)84-64-62-82(96-84)91(80-60-58-78(89)94-80)71-45-53-75(54-46-71)107-67-35-27-19-11-7-15-23-31-39-87(99)103-3/h41-64,93,96H,5-40,65-68H2,1-4H3. The van der Waals surface area contributed by atoms with Gasteiger partial charge in [-0.1, -0.05) is 203 Å². The van der Waals surface area contributed by atoms with Crippen LogP contribution in [0.4, 0.5) is 0 Å². The zero-order chi connectivity index (χ0) is 75.6. The number of benzene rings is 4. The van der Waals surface area contributed by atoms with Crippen LogP contribution in [0.25, 0.3) is 90.9 Å². The Morgan fingerprint density at radius 1 is 0.241 bits per heavy atom. The van der Waals surface area contributed by atoms with Crippen molar-refractivity contribution in [2.24, 2.45) is 0 Å². The van der Waals surface area contributed by atoms with E-state index >= 15 is 0 Å². The fourth-order valence-corrected chi connectivity index (χ4v) is 14.2. The molecule has 2 aliphatic heterocycles. The quantitative estimate of drug-likeness (QED) is 0.0207. The van der Waals surface area contributed by atoms with Crippen LogP contribution in [0.2, 0.25) is 0 Å². The molecule has 9 rings (SSSR count). The van der Waals surface area contributed by atoms with E-state index < -0.39 is 0 Å². The van der Waals surface area contributed by atoms with Gasteiger partial charge in [-0.25, -0.2) is 9.97 Å². The van der Waals surface area contributed by atoms with Gasteiger partial charge in [0.25, 0.3) is 0 Å². The van der Waals surface area contributed by atoms with E-state index in [1.807, 2.05) is 0 Å². The third kappa shape index (κ3) is 27.7. The number of aromatic nitrogens is 4. The normalized spacial score (nSPS) is 11.6. The Bertz CT molecular complexity index is 3580. The summed E-state index contributed by atoms with van der Waals surface area (Å²) in [6.45, 7) is 2.55. The molecule has 2 N–H and O–H groups in total. The highest BCUT2D eigenvalue weighted by Gasteiger charge is 2.21. The monoisotopic (exact) mass is 1470 g/mol. The van der Waals surface area contributed by atoms with E-state index in [4.69, 9.17) is 47.9 Å². The largest absolute Gasteiger partial charge is 0.494 e. The van der Waals surface area contributed by atoms with Gasteiger partial charge in [0.05, 0.1) is 77.6 Å². The number of ether oxygens (including phenoxy) is 8. The van der Waals surface area contributed by atoms with Gasteiger partial charge >= 0.3 is 23.9 Å². The number of rotatable bonds is 52. The van der Waals surface area contributed by atoms with E-state index in [9.17, 15) is 19.2 Å². The van der Waals surface area contributed by atoms with Gasteiger partial charge in [0, 0.05) is 70.0 Å². The third-order valence-corrected chi connectivity index (χ3v) is 20.4. The first-order valence-corrected chi connectivity index (χ1v) is 40.5. The molecule has 5 heterocycles. The summed E-state index contributed by atoms with van der Waals surface area (Å²) in [4.78, 5) is 65.1. The summed E-state index contributed by atoms with van der Waals surface area (Å²) in [7, 11) is 5.80. The molecule has 0 saturated carbocycles. The lowest BCUT2D eigenvalue weighted by Gasteiger charge is -2.10. The second-order valence-corrected chi connectivity index (χ2v) is 28.6. The molecule has 7 aromatic rings. The van der Waals surface area contributed by atoms with Crippen molar-refractivity contribution in [3.05, 3.63) is 144 Å². The van der Waals surface area contributed by atoms with Crippen LogP contribution >= 0.6 is 0 Å². The number of esters is 4. The van der Waals surface area contributed by atoms with E-state index in [0.717, 1.165) is 266 Å². The van der Waals surface area contributed by atoms with Crippen molar-refractivity contribution in [1.29, 1.82) is 0 Å². The van der Waals surface area contributed by atoms with Gasteiger partial charge in [-0.3, -0.25) is 19.2 Å². The molecule has 0 spiro atoms. The number of fused-ring (bicyclic) bond motifs is 8. The average molecular weight is 1470 g/mol. The number of carbonyl (C=O) groups excluding carboxylic acids is 4. The number of nitrogens with zero attached hydrogens (tertiary/aromatic N) is 2. The van der Waals surface area contributed by atoms with Crippen molar-refractivity contribution in [2.75, 3.05) is 54.9 Å². The summed E-state index contributed by atoms with van der Waals surface area (Å²) in [6, 6.07) is 42.3. The number of aromatic amines is 2. The third-order valence-electron chi connectivity index (χ3n) is 20.4. The van der Waals surface area contributed by atoms with E-state index in [0.29, 0.717) is 52.1 Å². The van der Waals surface area contributed by atoms with Crippen molar-refractivity contribution in [3.63, 3.8) is 0 Å². The van der Waals surface area contributed by atoms with Crippen LogP contribution in [0.3, 0.4) is 0 Å². The Hall–Kier alpha value is -9.44. The molecule has 3 aromatic heterocycles. The lowest BCUT2D eigenvalue weighted by molar-refractivity contribution is -0.141. The molecule has 16 nitrogen and oxygen atoms in total. The molecular weight excluding hydrogens is 1350 g/mol. The van der Waals surface area contributed by atoms with Crippen LogP contribution < -0.4 is 18.9 Å². The summed E-state index contributed by atoms with van der Waals surface area (Å²) in [5.41, 5.74) is 14.5. The van der Waals surface area contributed by atoms with Gasteiger partial charge in [0.15, 0.2) is 0 Å². The smallest absolute Gasteiger partial charge is 0.305 e. The first-order chi connectivity index (χ1) is 53.1. The second-order valence-electron chi connectivity index (χ2n) is 28.6. The highest BCUT2D eigenvalue weighted by molar-refractivity contribution is 6.00. The summed E-state index contributed by atoms with van der Waals surface area (Å²) in [6.07, 6.45) is 45.2. The summed E-state index contributed by atoms with van der Waals surface area (Å²) in [5.74, 6) is 2.76. The molecule has 0 saturated heterocycles. The highest BCUT2D eigenvalue weighted by atomic mass is 16.5. The van der Waals surface area contributed by atoms with E-state index in [-0.39, 0.29) is 23.9 Å². The van der Waals surface area contributed by atoms with Crippen LogP contribution in [0.15, 0.2) is 121 Å². The highest BCUT2D eigenvalue weighted by Crippen LogP contribution is 2.40. The fourth-order valence-electron chi connectivity index (χ4n) is 14.2. The van der Waals surface area contributed by atoms with E-state index in [1.165, 1.54) is 79.8 Å². The predicted octanol–water partition coefficient (Wildman–Crippen LogP) is 23.6. The lowest BCUT2D eigenvalue weighted by atomic mass is 10.0. The number of hydrogen-bond donors (Lipinski definition) is 2. The molecule has 0 fully saturated rings. The summed E-state index contributed by atoms with van der Waals surface area (Å²) >= 11 is 0. The number of hydrogen-bond acceptors (Lipinski definition) is 14. The SMILES string of the molecule is COC(=O)CCCCCCCCCCOc1ccc(-c2c3nc(c(-c4ccc(OCCCCCCCCCCC(=O)OC)cc4)c4ccc([nH]4)c(-c4ccc(OCCCCCCCCCCC(=O)OC)cc4)c4nc(c(-c5ccc(OCCCCCCCCCCC(=O)OC)cc5)c5ccc2[nH]5)C=C4)C=C3)cc1. The minimum absolute atomic E-state index is 0.128. The predicted molar refractivity (Wildman–Crippen MR) is 437 cm³/mol.